The van der Waals surface area contributed by atoms with Crippen molar-refractivity contribution in [2.75, 3.05) is 0 Å². The summed E-state index contributed by atoms with van der Waals surface area (Å²) in [6, 6.07) is 35.0. The molecule has 1 aliphatic rings. The minimum absolute atomic E-state index is 0. The first kappa shape index (κ1) is 25.7. The summed E-state index contributed by atoms with van der Waals surface area (Å²) in [5, 5.41) is 6.89. The van der Waals surface area contributed by atoms with Crippen molar-refractivity contribution in [3.63, 3.8) is 0 Å². The van der Waals surface area contributed by atoms with Crippen molar-refractivity contribution in [3.8, 4) is 0 Å². The molecule has 0 bridgehead atoms. The average molecular weight is 526 g/mol. The number of fused-ring (bicyclic) bond motifs is 1. The van der Waals surface area contributed by atoms with Crippen LogP contribution < -0.4 is 15.9 Å². The molecule has 0 saturated carbocycles. The molecule has 0 spiro atoms. The minimum atomic E-state index is -0.493. The van der Waals surface area contributed by atoms with Crippen molar-refractivity contribution in [2.45, 2.75) is 34.6 Å². The van der Waals surface area contributed by atoms with E-state index in [9.17, 15) is 0 Å². The van der Waals surface area contributed by atoms with Crippen LogP contribution in [0.1, 0.15) is 34.6 Å². The van der Waals surface area contributed by atoms with Gasteiger partial charge >= 0.3 is 26.2 Å². The van der Waals surface area contributed by atoms with E-state index in [1.165, 1.54) is 43.4 Å². The summed E-state index contributed by atoms with van der Waals surface area (Å²) in [5.74, 6) is 0. The van der Waals surface area contributed by atoms with Crippen LogP contribution in [0.3, 0.4) is 0 Å². The molecule has 1 aliphatic carbocycles. The van der Waals surface area contributed by atoms with Gasteiger partial charge in [0.25, 0.3) is 0 Å². The van der Waals surface area contributed by atoms with Gasteiger partial charge in [0.15, 0.2) is 0 Å². The van der Waals surface area contributed by atoms with Gasteiger partial charge in [-0.25, -0.2) is 5.57 Å². The van der Waals surface area contributed by atoms with E-state index in [1.807, 2.05) is 0 Å². The molecule has 0 N–H and O–H groups in total. The zero-order chi connectivity index (χ0) is 22.7. The van der Waals surface area contributed by atoms with Crippen LogP contribution in [0, 0.1) is 11.5 Å². The zero-order valence-corrected chi connectivity index (χ0v) is 23.5. The van der Waals surface area contributed by atoms with Gasteiger partial charge in [0.05, 0.1) is 0 Å². The van der Waals surface area contributed by atoms with E-state index in [2.05, 4.69) is 138 Å². The maximum Gasteiger partial charge on any atom is 2.00 e. The third-order valence-corrected chi connectivity index (χ3v) is 8.86. The molecule has 4 aromatic carbocycles. The minimum Gasteiger partial charge on any atom is -0.263 e. The SMILES string of the molecule is CC1=[C-]C(C)(C)C(C)=C1C.[Zr+2].c1ccc(P(c2ccccc2)c2cc3ccccc3[cH-]2)cc1. The first-order valence-electron chi connectivity index (χ1n) is 11.2. The molecule has 0 saturated heterocycles. The Morgan fingerprint density at radius 2 is 1.24 bits per heavy atom. The fourth-order valence-corrected chi connectivity index (χ4v) is 6.64. The molecular weight excluding hydrogens is 495 g/mol. The molecule has 0 atom stereocenters. The summed E-state index contributed by atoms with van der Waals surface area (Å²) in [5.41, 5.74) is 4.39. The largest absolute Gasteiger partial charge is 2.00 e. The standard InChI is InChI=1S/C21H16P.C10H15.Zr/c1-3-11-19(12-4-1)22(20-13-5-2-6-14-20)21-15-17-9-7-8-10-18(17)16-21;1-7-6-10(4,5)9(3)8(7)2;/h1-16H;1-5H3;/q2*-1;+2. The van der Waals surface area contributed by atoms with E-state index < -0.39 is 7.92 Å². The van der Waals surface area contributed by atoms with Crippen LogP contribution in [0.2, 0.25) is 0 Å². The first-order valence-corrected chi connectivity index (χ1v) is 12.6. The molecule has 5 rings (SSSR count). The monoisotopic (exact) mass is 524 g/mol. The van der Waals surface area contributed by atoms with Crippen molar-refractivity contribution in [3.05, 3.63) is 120 Å². The van der Waals surface area contributed by atoms with Crippen molar-refractivity contribution in [1.29, 1.82) is 0 Å². The molecule has 2 heteroatoms. The Balaban J connectivity index is 0.000000237. The number of benzene rings is 3. The molecule has 0 aliphatic heterocycles. The van der Waals surface area contributed by atoms with Crippen LogP contribution in [0.15, 0.2) is 114 Å². The second-order valence-corrected chi connectivity index (χ2v) is 11.2. The quantitative estimate of drug-likeness (QED) is 0.193. The van der Waals surface area contributed by atoms with E-state index in [1.54, 1.807) is 0 Å². The van der Waals surface area contributed by atoms with E-state index in [0.717, 1.165) is 0 Å². The first-order chi connectivity index (χ1) is 15.4. The van der Waals surface area contributed by atoms with Crippen LogP contribution in [0.25, 0.3) is 10.8 Å². The number of hydrogen-bond acceptors (Lipinski definition) is 0. The Bertz CT molecular complexity index is 1190. The van der Waals surface area contributed by atoms with E-state index in [0.29, 0.717) is 0 Å². The van der Waals surface area contributed by atoms with Crippen molar-refractivity contribution in [2.24, 2.45) is 5.41 Å². The van der Waals surface area contributed by atoms with Gasteiger partial charge in [-0.15, -0.1) is 47.3 Å². The van der Waals surface area contributed by atoms with Crippen LogP contribution >= 0.6 is 7.92 Å². The molecule has 4 aromatic rings. The topological polar surface area (TPSA) is 0 Å². The predicted molar refractivity (Wildman–Crippen MR) is 143 cm³/mol. The Hall–Kier alpha value is -1.94. The maximum atomic E-state index is 3.44. The fraction of sp³-hybridized carbons (Fsp3) is 0.194. The smallest absolute Gasteiger partial charge is 0.263 e. The molecule has 0 heterocycles. The second kappa shape index (κ2) is 11.0. The van der Waals surface area contributed by atoms with Gasteiger partial charge in [0, 0.05) is 0 Å². The van der Waals surface area contributed by atoms with E-state index >= 15 is 0 Å². The summed E-state index contributed by atoms with van der Waals surface area (Å²) in [7, 11) is -0.493. The van der Waals surface area contributed by atoms with Gasteiger partial charge < -0.3 is 0 Å². The molecule has 0 nitrogen and oxygen atoms in total. The fourth-order valence-electron chi connectivity index (χ4n) is 4.27. The van der Waals surface area contributed by atoms with Gasteiger partial charge in [-0.05, 0) is 18.5 Å². The Kier molecular flexibility index (Phi) is 8.55. The van der Waals surface area contributed by atoms with Crippen molar-refractivity contribution >= 4 is 34.6 Å². The summed E-state index contributed by atoms with van der Waals surface area (Å²) in [6.45, 7) is 10.9. The summed E-state index contributed by atoms with van der Waals surface area (Å²) >= 11 is 0. The summed E-state index contributed by atoms with van der Waals surface area (Å²) in [4.78, 5) is 0. The molecule has 0 fully saturated rings. The van der Waals surface area contributed by atoms with Crippen molar-refractivity contribution < 1.29 is 26.2 Å². The molecule has 33 heavy (non-hydrogen) atoms. The third kappa shape index (κ3) is 5.77. The zero-order valence-electron chi connectivity index (χ0n) is 20.2. The maximum absolute atomic E-state index is 3.44. The molecule has 0 unspecified atom stereocenters. The number of allylic oxidation sites excluding steroid dienone is 4. The van der Waals surface area contributed by atoms with Gasteiger partial charge in [0.2, 0.25) is 0 Å². The summed E-state index contributed by atoms with van der Waals surface area (Å²) < 4.78 is 0. The molecule has 0 aromatic heterocycles. The van der Waals surface area contributed by atoms with E-state index in [-0.39, 0.29) is 31.6 Å². The number of hydrogen-bond donors (Lipinski definition) is 0. The van der Waals surface area contributed by atoms with Gasteiger partial charge in [-0.1, -0.05) is 99.8 Å². The van der Waals surface area contributed by atoms with Crippen LogP contribution in [-0.4, -0.2) is 0 Å². The average Bonchev–Trinajstić information content (AvgIpc) is 3.30. The van der Waals surface area contributed by atoms with Crippen molar-refractivity contribution in [1.82, 2.24) is 0 Å². The summed E-state index contributed by atoms with van der Waals surface area (Å²) in [6.07, 6.45) is 3.44. The normalized spacial score (nSPS) is 14.5. The molecule has 164 valence electrons. The predicted octanol–water partition coefficient (Wildman–Crippen LogP) is 7.43. The Labute approximate surface area is 219 Å². The van der Waals surface area contributed by atoms with E-state index in [4.69, 9.17) is 0 Å². The van der Waals surface area contributed by atoms with Gasteiger partial charge in [-0.3, -0.25) is 6.08 Å². The molecule has 0 amide bonds. The Morgan fingerprint density at radius 1 is 0.727 bits per heavy atom. The molecular formula is C31H31PZr. The van der Waals surface area contributed by atoms with Crippen LogP contribution in [0.5, 0.6) is 0 Å². The third-order valence-electron chi connectivity index (χ3n) is 6.45. The van der Waals surface area contributed by atoms with Crippen LogP contribution in [0.4, 0.5) is 0 Å². The number of rotatable bonds is 3. The molecule has 0 radical (unpaired) electrons. The second-order valence-electron chi connectivity index (χ2n) is 8.97. The Morgan fingerprint density at radius 3 is 1.67 bits per heavy atom. The van der Waals surface area contributed by atoms with Gasteiger partial charge in [-0.2, -0.15) is 17.2 Å². The van der Waals surface area contributed by atoms with Gasteiger partial charge in [0.1, 0.15) is 0 Å². The van der Waals surface area contributed by atoms with Crippen LogP contribution in [-0.2, 0) is 26.2 Å².